The predicted molar refractivity (Wildman–Crippen MR) is 97.3 cm³/mol. The number of hydrogen-bond acceptors (Lipinski definition) is 4. The van der Waals surface area contributed by atoms with Gasteiger partial charge in [-0.1, -0.05) is 12.1 Å². The lowest BCUT2D eigenvalue weighted by Crippen LogP contribution is -2.38. The van der Waals surface area contributed by atoms with E-state index in [4.69, 9.17) is 5.73 Å². The van der Waals surface area contributed by atoms with Crippen LogP contribution in [0, 0.1) is 0 Å². The summed E-state index contributed by atoms with van der Waals surface area (Å²) in [5.41, 5.74) is 8.05. The van der Waals surface area contributed by atoms with Crippen molar-refractivity contribution in [1.82, 2.24) is 9.88 Å². The van der Waals surface area contributed by atoms with E-state index in [-0.39, 0.29) is 11.8 Å². The molecular weight excluding hydrogens is 316 g/mol. The largest absolute Gasteiger partial charge is 0.384 e. The second-order valence-electron chi connectivity index (χ2n) is 6.34. The van der Waals surface area contributed by atoms with Crippen molar-refractivity contribution in [2.45, 2.75) is 25.7 Å². The van der Waals surface area contributed by atoms with Gasteiger partial charge in [0.25, 0.3) is 5.91 Å². The van der Waals surface area contributed by atoms with Crippen molar-refractivity contribution in [1.29, 1.82) is 0 Å². The van der Waals surface area contributed by atoms with E-state index in [0.29, 0.717) is 36.1 Å². The Bertz CT molecular complexity index is 765. The van der Waals surface area contributed by atoms with Crippen molar-refractivity contribution in [2.24, 2.45) is 0 Å². The van der Waals surface area contributed by atoms with Crippen LogP contribution in [-0.2, 0) is 4.79 Å². The monoisotopic (exact) mass is 338 g/mol. The molecule has 0 saturated carbocycles. The molecule has 130 valence electrons. The number of pyridine rings is 1. The van der Waals surface area contributed by atoms with Gasteiger partial charge in [-0.05, 0) is 48.6 Å². The number of carbonyl (C=O) groups excluding carboxylic acids is 2. The average Bonchev–Trinajstić information content (AvgIpc) is 2.62. The summed E-state index contributed by atoms with van der Waals surface area (Å²) in [6.45, 7) is 2.86. The second-order valence-corrected chi connectivity index (χ2v) is 6.34. The Morgan fingerprint density at radius 1 is 1.20 bits per heavy atom. The number of hydrogen-bond donors (Lipinski definition) is 2. The number of aromatic nitrogens is 1. The zero-order chi connectivity index (χ0) is 17.8. The fraction of sp³-hybridized carbons (Fsp3) is 0.316. The van der Waals surface area contributed by atoms with Gasteiger partial charge >= 0.3 is 0 Å². The summed E-state index contributed by atoms with van der Waals surface area (Å²) in [5.74, 6) is 0.780. The highest BCUT2D eigenvalue weighted by Crippen LogP contribution is 2.28. The highest BCUT2D eigenvalue weighted by atomic mass is 16.2. The predicted octanol–water partition coefficient (Wildman–Crippen LogP) is 2.64. The summed E-state index contributed by atoms with van der Waals surface area (Å²) in [7, 11) is 0. The minimum absolute atomic E-state index is 0.00100. The number of rotatable bonds is 3. The van der Waals surface area contributed by atoms with Crippen LogP contribution in [0.25, 0.3) is 0 Å². The minimum Gasteiger partial charge on any atom is -0.384 e. The standard InChI is InChI=1S/C19H22N4O2/c1-13(24)22-17-4-2-3-15(11-17)19(25)23-9-7-14(8-10-23)16-5-6-18(20)21-12-16/h2-6,11-12,14H,7-10H2,1H3,(H2,20,21)(H,22,24). The van der Waals surface area contributed by atoms with Gasteiger partial charge in [0, 0.05) is 37.5 Å². The Labute approximate surface area is 147 Å². The Morgan fingerprint density at radius 2 is 1.96 bits per heavy atom. The zero-order valence-corrected chi connectivity index (χ0v) is 14.2. The van der Waals surface area contributed by atoms with Gasteiger partial charge in [0.05, 0.1) is 0 Å². The molecular formula is C19H22N4O2. The fourth-order valence-electron chi connectivity index (χ4n) is 3.19. The number of piperidine rings is 1. The van der Waals surface area contributed by atoms with Gasteiger partial charge in [0.1, 0.15) is 5.82 Å². The van der Waals surface area contributed by atoms with Gasteiger partial charge in [0.2, 0.25) is 5.91 Å². The Morgan fingerprint density at radius 3 is 2.60 bits per heavy atom. The molecule has 6 nitrogen and oxygen atoms in total. The first-order valence-corrected chi connectivity index (χ1v) is 8.41. The Kier molecular flexibility index (Phi) is 4.97. The van der Waals surface area contributed by atoms with Crippen molar-refractivity contribution >= 4 is 23.3 Å². The highest BCUT2D eigenvalue weighted by molar-refractivity contribution is 5.96. The molecule has 1 aromatic heterocycles. The number of likely N-dealkylation sites (tertiary alicyclic amines) is 1. The number of nitrogens with two attached hydrogens (primary N) is 1. The number of nitrogen functional groups attached to an aromatic ring is 1. The number of benzene rings is 1. The molecule has 0 unspecified atom stereocenters. The smallest absolute Gasteiger partial charge is 0.253 e. The quantitative estimate of drug-likeness (QED) is 0.900. The maximum absolute atomic E-state index is 12.7. The van der Waals surface area contributed by atoms with E-state index >= 15 is 0 Å². The topological polar surface area (TPSA) is 88.3 Å². The SMILES string of the molecule is CC(=O)Nc1cccc(C(=O)N2CCC(c3ccc(N)nc3)CC2)c1. The van der Waals surface area contributed by atoms with E-state index in [1.54, 1.807) is 24.3 Å². The number of amides is 2. The summed E-state index contributed by atoms with van der Waals surface area (Å²) < 4.78 is 0. The third-order valence-corrected chi connectivity index (χ3v) is 4.49. The molecule has 3 rings (SSSR count). The van der Waals surface area contributed by atoms with E-state index < -0.39 is 0 Å². The molecule has 0 bridgehead atoms. The summed E-state index contributed by atoms with van der Waals surface area (Å²) in [6.07, 6.45) is 3.64. The molecule has 1 saturated heterocycles. The molecule has 0 aliphatic carbocycles. The van der Waals surface area contributed by atoms with E-state index in [9.17, 15) is 9.59 Å². The zero-order valence-electron chi connectivity index (χ0n) is 14.2. The van der Waals surface area contributed by atoms with Crippen molar-refractivity contribution < 1.29 is 9.59 Å². The summed E-state index contributed by atoms with van der Waals surface area (Å²) in [6, 6.07) is 10.9. The normalized spacial score (nSPS) is 15.0. The molecule has 2 amide bonds. The van der Waals surface area contributed by atoms with Gasteiger partial charge in [0.15, 0.2) is 0 Å². The van der Waals surface area contributed by atoms with Crippen LogP contribution in [0.1, 0.15) is 41.6 Å². The van der Waals surface area contributed by atoms with Crippen LogP contribution < -0.4 is 11.1 Å². The van der Waals surface area contributed by atoms with Gasteiger partial charge in [-0.2, -0.15) is 0 Å². The minimum atomic E-state index is -0.150. The molecule has 1 fully saturated rings. The number of carbonyl (C=O) groups is 2. The van der Waals surface area contributed by atoms with E-state index in [2.05, 4.69) is 10.3 Å². The molecule has 3 N–H and O–H groups in total. The van der Waals surface area contributed by atoms with Crippen molar-refractivity contribution in [3.63, 3.8) is 0 Å². The molecule has 2 heterocycles. The van der Waals surface area contributed by atoms with E-state index in [1.807, 2.05) is 23.2 Å². The lowest BCUT2D eigenvalue weighted by molar-refractivity contribution is -0.114. The van der Waals surface area contributed by atoms with E-state index in [1.165, 1.54) is 12.5 Å². The molecule has 1 aliphatic heterocycles. The molecule has 0 spiro atoms. The van der Waals surface area contributed by atoms with Gasteiger partial charge < -0.3 is 16.0 Å². The van der Waals surface area contributed by atoms with Crippen LogP contribution in [0.15, 0.2) is 42.6 Å². The maximum atomic E-state index is 12.7. The Hall–Kier alpha value is -2.89. The van der Waals surface area contributed by atoms with Crippen LogP contribution in [0.4, 0.5) is 11.5 Å². The van der Waals surface area contributed by atoms with Crippen molar-refractivity contribution in [2.75, 3.05) is 24.1 Å². The first-order chi connectivity index (χ1) is 12.0. The first-order valence-electron chi connectivity index (χ1n) is 8.41. The summed E-state index contributed by atoms with van der Waals surface area (Å²) in [4.78, 5) is 29.9. The van der Waals surface area contributed by atoms with Crippen LogP contribution in [0.3, 0.4) is 0 Å². The van der Waals surface area contributed by atoms with Gasteiger partial charge in [-0.3, -0.25) is 9.59 Å². The van der Waals surface area contributed by atoms with Crippen molar-refractivity contribution in [3.8, 4) is 0 Å². The lowest BCUT2D eigenvalue weighted by atomic mass is 9.90. The molecule has 0 atom stereocenters. The lowest BCUT2D eigenvalue weighted by Gasteiger charge is -2.32. The third-order valence-electron chi connectivity index (χ3n) is 4.49. The van der Waals surface area contributed by atoms with E-state index in [0.717, 1.165) is 12.8 Å². The molecule has 0 radical (unpaired) electrons. The first kappa shape index (κ1) is 17.0. The molecule has 1 aromatic carbocycles. The van der Waals surface area contributed by atoms with Crippen LogP contribution >= 0.6 is 0 Å². The molecule has 1 aliphatic rings. The van der Waals surface area contributed by atoms with Crippen LogP contribution in [-0.4, -0.2) is 34.8 Å². The summed E-state index contributed by atoms with van der Waals surface area (Å²) >= 11 is 0. The maximum Gasteiger partial charge on any atom is 0.253 e. The van der Waals surface area contributed by atoms with Crippen molar-refractivity contribution in [3.05, 3.63) is 53.7 Å². The number of nitrogens with zero attached hydrogens (tertiary/aromatic N) is 2. The highest BCUT2D eigenvalue weighted by Gasteiger charge is 2.24. The molecule has 25 heavy (non-hydrogen) atoms. The molecule has 6 heteroatoms. The molecule has 2 aromatic rings. The Balaban J connectivity index is 1.63. The van der Waals surface area contributed by atoms with Crippen LogP contribution in [0.5, 0.6) is 0 Å². The van der Waals surface area contributed by atoms with Gasteiger partial charge in [-0.25, -0.2) is 4.98 Å². The average molecular weight is 338 g/mol. The number of nitrogens with one attached hydrogen (secondary N) is 1. The fourth-order valence-corrected chi connectivity index (χ4v) is 3.19. The van der Waals surface area contributed by atoms with Crippen LogP contribution in [0.2, 0.25) is 0 Å². The third kappa shape index (κ3) is 4.15. The summed E-state index contributed by atoms with van der Waals surface area (Å²) in [5, 5.41) is 2.71. The van der Waals surface area contributed by atoms with Gasteiger partial charge in [-0.15, -0.1) is 0 Å². The second kappa shape index (κ2) is 7.34. The number of anilines is 2.